The number of carbonyl (C=O) groups is 2. The summed E-state index contributed by atoms with van der Waals surface area (Å²) in [4.78, 5) is 52.1. The van der Waals surface area contributed by atoms with Crippen molar-refractivity contribution >= 4 is 28.5 Å². The third-order valence-electron chi connectivity index (χ3n) is 6.24. The molecule has 10 nitrogen and oxygen atoms in total. The van der Waals surface area contributed by atoms with E-state index in [2.05, 4.69) is 30.1 Å². The topological polar surface area (TPSA) is 116 Å². The van der Waals surface area contributed by atoms with E-state index < -0.39 is 5.54 Å². The Balaban J connectivity index is 1.24. The normalized spacial score (nSPS) is 18.6. The van der Waals surface area contributed by atoms with Gasteiger partial charge in [-0.3, -0.25) is 19.3 Å². The molecular formula is C21H23N7O3. The molecular weight excluding hydrogens is 398 g/mol. The molecule has 1 spiro atoms. The highest BCUT2D eigenvalue weighted by Crippen LogP contribution is 2.36. The van der Waals surface area contributed by atoms with Gasteiger partial charge in [0.05, 0.1) is 32.4 Å². The molecule has 2 saturated heterocycles. The number of likely N-dealkylation sites (tertiary alicyclic amines) is 1. The van der Waals surface area contributed by atoms with Crippen LogP contribution in [0.2, 0.25) is 0 Å². The minimum Gasteiger partial charge on any atom is -0.339 e. The highest BCUT2D eigenvalue weighted by Gasteiger charge is 2.50. The second-order valence-electron chi connectivity index (χ2n) is 8.05. The zero-order valence-electron chi connectivity index (χ0n) is 17.0. The SMILES string of the molecule is O=C(CN1CCC2(CC1)C(=O)NCN2c1ccccc1)Cn1cnc2c(=O)[nH]cnc21. The molecule has 160 valence electrons. The van der Waals surface area contributed by atoms with Crippen LogP contribution in [0.1, 0.15) is 12.8 Å². The van der Waals surface area contributed by atoms with Crippen molar-refractivity contribution in [3.8, 4) is 0 Å². The van der Waals surface area contributed by atoms with Crippen molar-refractivity contribution in [2.75, 3.05) is 31.2 Å². The maximum atomic E-state index is 12.7. The van der Waals surface area contributed by atoms with E-state index in [1.54, 1.807) is 4.57 Å². The number of amides is 1. The molecule has 2 aromatic heterocycles. The summed E-state index contributed by atoms with van der Waals surface area (Å²) in [6.07, 6.45) is 4.09. The number of nitrogens with zero attached hydrogens (tertiary/aromatic N) is 5. The summed E-state index contributed by atoms with van der Waals surface area (Å²) in [5.41, 5.74) is 0.765. The Morgan fingerprint density at radius 3 is 2.61 bits per heavy atom. The smallest absolute Gasteiger partial charge is 0.278 e. The van der Waals surface area contributed by atoms with E-state index in [9.17, 15) is 14.4 Å². The number of carbonyl (C=O) groups excluding carboxylic acids is 2. The molecule has 0 aliphatic carbocycles. The Bertz CT molecular complexity index is 1180. The van der Waals surface area contributed by atoms with Gasteiger partial charge in [0.25, 0.3) is 5.56 Å². The highest BCUT2D eigenvalue weighted by atomic mass is 16.2. The number of imidazole rings is 1. The number of Topliss-reactive ketones (excluding diaryl/α,β-unsaturated/α-hetero) is 1. The fourth-order valence-corrected chi connectivity index (χ4v) is 4.61. The molecule has 0 saturated carbocycles. The van der Waals surface area contributed by atoms with Crippen molar-refractivity contribution in [1.82, 2.24) is 29.7 Å². The summed E-state index contributed by atoms with van der Waals surface area (Å²) in [6, 6.07) is 9.95. The number of benzene rings is 1. The molecule has 2 fully saturated rings. The Kier molecular flexibility index (Phi) is 4.78. The Hall–Kier alpha value is -3.53. The van der Waals surface area contributed by atoms with Crippen molar-refractivity contribution in [1.29, 1.82) is 0 Å². The van der Waals surface area contributed by atoms with Crippen LogP contribution in [0.5, 0.6) is 0 Å². The summed E-state index contributed by atoms with van der Waals surface area (Å²) in [5, 5.41) is 2.99. The van der Waals surface area contributed by atoms with Crippen molar-refractivity contribution < 1.29 is 9.59 Å². The number of aromatic amines is 1. The fourth-order valence-electron chi connectivity index (χ4n) is 4.61. The van der Waals surface area contributed by atoms with Crippen LogP contribution in [0.3, 0.4) is 0 Å². The van der Waals surface area contributed by atoms with E-state index in [0.717, 1.165) is 5.69 Å². The van der Waals surface area contributed by atoms with Gasteiger partial charge in [0.15, 0.2) is 16.9 Å². The van der Waals surface area contributed by atoms with Crippen molar-refractivity contribution in [2.45, 2.75) is 24.9 Å². The first-order valence-corrected chi connectivity index (χ1v) is 10.3. The first-order valence-electron chi connectivity index (χ1n) is 10.3. The van der Waals surface area contributed by atoms with Crippen LogP contribution in [0.25, 0.3) is 11.2 Å². The number of rotatable bonds is 5. The molecule has 2 N–H and O–H groups in total. The van der Waals surface area contributed by atoms with Gasteiger partial charge >= 0.3 is 0 Å². The van der Waals surface area contributed by atoms with E-state index in [-0.39, 0.29) is 35.9 Å². The zero-order chi connectivity index (χ0) is 21.4. The van der Waals surface area contributed by atoms with Gasteiger partial charge in [0.1, 0.15) is 5.54 Å². The lowest BCUT2D eigenvalue weighted by atomic mass is 9.85. The predicted molar refractivity (Wildman–Crippen MR) is 113 cm³/mol. The summed E-state index contributed by atoms with van der Waals surface area (Å²) < 4.78 is 1.60. The van der Waals surface area contributed by atoms with Gasteiger partial charge < -0.3 is 19.8 Å². The number of aromatic nitrogens is 4. The second kappa shape index (κ2) is 7.62. The molecule has 10 heteroatoms. The monoisotopic (exact) mass is 421 g/mol. The van der Waals surface area contributed by atoms with Crippen LogP contribution in [0.4, 0.5) is 5.69 Å². The molecule has 1 amide bonds. The van der Waals surface area contributed by atoms with Crippen LogP contribution in [0.15, 0.2) is 47.8 Å². The Morgan fingerprint density at radius 1 is 1.06 bits per heavy atom. The highest BCUT2D eigenvalue weighted by molar-refractivity contribution is 5.93. The molecule has 0 bridgehead atoms. The van der Waals surface area contributed by atoms with E-state index in [4.69, 9.17) is 0 Å². The maximum absolute atomic E-state index is 12.7. The summed E-state index contributed by atoms with van der Waals surface area (Å²) in [6.45, 7) is 2.20. The summed E-state index contributed by atoms with van der Waals surface area (Å²) in [7, 11) is 0. The lowest BCUT2D eigenvalue weighted by molar-refractivity contribution is -0.125. The molecule has 2 aliphatic rings. The quantitative estimate of drug-likeness (QED) is 0.601. The third kappa shape index (κ3) is 3.38. The number of nitrogens with one attached hydrogen (secondary N) is 2. The van der Waals surface area contributed by atoms with Crippen LogP contribution in [0, 0.1) is 0 Å². The lowest BCUT2D eigenvalue weighted by Crippen LogP contribution is -2.57. The van der Waals surface area contributed by atoms with Gasteiger partial charge in [-0.1, -0.05) is 18.2 Å². The van der Waals surface area contributed by atoms with Crippen LogP contribution in [-0.2, 0) is 16.1 Å². The number of hydrogen-bond acceptors (Lipinski definition) is 7. The molecule has 3 aromatic rings. The number of fused-ring (bicyclic) bond motifs is 1. The van der Waals surface area contributed by atoms with Gasteiger partial charge in [-0.25, -0.2) is 9.97 Å². The number of ketones is 1. The van der Waals surface area contributed by atoms with E-state index in [1.165, 1.54) is 12.7 Å². The number of anilines is 1. The molecule has 2 aliphatic heterocycles. The number of piperidine rings is 1. The molecule has 0 atom stereocenters. The first-order chi connectivity index (χ1) is 15.1. The van der Waals surface area contributed by atoms with Crippen LogP contribution >= 0.6 is 0 Å². The average molecular weight is 421 g/mol. The van der Waals surface area contributed by atoms with E-state index >= 15 is 0 Å². The second-order valence-corrected chi connectivity index (χ2v) is 8.05. The fraction of sp³-hybridized carbons (Fsp3) is 0.381. The summed E-state index contributed by atoms with van der Waals surface area (Å²) in [5.74, 6) is 0.0663. The summed E-state index contributed by atoms with van der Waals surface area (Å²) >= 11 is 0. The molecule has 4 heterocycles. The number of H-pyrrole nitrogens is 1. The number of para-hydroxylation sites is 1. The Labute approximate surface area is 177 Å². The lowest BCUT2D eigenvalue weighted by Gasteiger charge is -2.43. The van der Waals surface area contributed by atoms with Crippen molar-refractivity contribution in [3.05, 3.63) is 53.3 Å². The third-order valence-corrected chi connectivity index (χ3v) is 6.24. The average Bonchev–Trinajstić information content (AvgIpc) is 3.33. The van der Waals surface area contributed by atoms with E-state index in [1.807, 2.05) is 30.3 Å². The minimum atomic E-state index is -0.563. The van der Waals surface area contributed by atoms with Crippen LogP contribution < -0.4 is 15.8 Å². The molecule has 5 rings (SSSR count). The predicted octanol–water partition coefficient (Wildman–Crippen LogP) is 0.117. The standard InChI is InChI=1S/C21H23N7O3/c29-16(11-27-13-24-17-18(27)22-12-23-19(17)30)10-26-8-6-21(7-9-26)20(31)25-14-28(21)15-4-2-1-3-5-15/h1-5,12-13H,6-11,14H2,(H,25,31)(H,22,23,30). The zero-order valence-corrected chi connectivity index (χ0v) is 17.0. The van der Waals surface area contributed by atoms with Crippen LogP contribution in [-0.4, -0.2) is 68.0 Å². The van der Waals surface area contributed by atoms with Gasteiger partial charge in [0.2, 0.25) is 5.91 Å². The van der Waals surface area contributed by atoms with Crippen molar-refractivity contribution in [3.63, 3.8) is 0 Å². The van der Waals surface area contributed by atoms with Gasteiger partial charge in [-0.2, -0.15) is 0 Å². The largest absolute Gasteiger partial charge is 0.339 e. The number of hydrogen-bond donors (Lipinski definition) is 2. The van der Waals surface area contributed by atoms with Gasteiger partial charge in [-0.05, 0) is 25.0 Å². The van der Waals surface area contributed by atoms with Gasteiger partial charge in [-0.15, -0.1) is 0 Å². The van der Waals surface area contributed by atoms with Crippen molar-refractivity contribution in [2.24, 2.45) is 0 Å². The molecule has 0 radical (unpaired) electrons. The first kappa shape index (κ1) is 19.4. The molecule has 1 aromatic carbocycles. The molecule has 31 heavy (non-hydrogen) atoms. The van der Waals surface area contributed by atoms with Gasteiger partial charge in [0, 0.05) is 18.8 Å². The Morgan fingerprint density at radius 2 is 1.84 bits per heavy atom. The minimum absolute atomic E-state index is 0.00752. The molecule has 0 unspecified atom stereocenters. The maximum Gasteiger partial charge on any atom is 0.278 e. The van der Waals surface area contributed by atoms with E-state index in [0.29, 0.717) is 38.2 Å².